The molecule has 0 bridgehead atoms. The molecule has 1 N–H and O–H groups in total. The monoisotopic (exact) mass is 530 g/mol. The molecular formula is C30H28Cl2N4O. The van der Waals surface area contributed by atoms with Gasteiger partial charge in [-0.15, -0.1) is 0 Å². The first kappa shape index (κ1) is 25.1. The molecule has 0 aliphatic carbocycles. The molecule has 0 saturated carbocycles. The van der Waals surface area contributed by atoms with Crippen molar-refractivity contribution in [1.29, 1.82) is 0 Å². The third kappa shape index (κ3) is 4.89. The lowest BCUT2D eigenvalue weighted by molar-refractivity contribution is 0.102. The Hall–Kier alpha value is -3.54. The van der Waals surface area contributed by atoms with Crippen LogP contribution in [0.15, 0.2) is 66.7 Å². The molecular weight excluding hydrogens is 503 g/mol. The fourth-order valence-corrected chi connectivity index (χ4v) is 5.11. The first-order valence-corrected chi connectivity index (χ1v) is 12.9. The molecule has 0 fully saturated rings. The number of carbonyl (C=O) groups excluding carboxylic acids is 1. The summed E-state index contributed by atoms with van der Waals surface area (Å²) < 4.78 is 4.17. The Morgan fingerprint density at radius 3 is 2.32 bits per heavy atom. The SMILES string of the molecule is Cc1nn(Cc2ccc(Cl)c(Cl)c2)c(C)c1NC(=O)c1ccc2c(c1)c(C)c(C)n2Cc1ccccc1. The summed E-state index contributed by atoms with van der Waals surface area (Å²) >= 11 is 12.2. The highest BCUT2D eigenvalue weighted by Gasteiger charge is 2.18. The van der Waals surface area contributed by atoms with Crippen molar-refractivity contribution >= 4 is 45.7 Å². The molecule has 7 heteroatoms. The second-order valence-electron chi connectivity index (χ2n) is 9.42. The van der Waals surface area contributed by atoms with Gasteiger partial charge in [0.15, 0.2) is 0 Å². The maximum Gasteiger partial charge on any atom is 0.255 e. The number of anilines is 1. The highest BCUT2D eigenvalue weighted by molar-refractivity contribution is 6.42. The second-order valence-corrected chi connectivity index (χ2v) is 10.2. The molecule has 0 spiro atoms. The van der Waals surface area contributed by atoms with E-state index < -0.39 is 0 Å². The maximum atomic E-state index is 13.3. The van der Waals surface area contributed by atoms with Gasteiger partial charge in [0.1, 0.15) is 0 Å². The highest BCUT2D eigenvalue weighted by Crippen LogP contribution is 2.29. The molecule has 5 aromatic rings. The predicted octanol–water partition coefficient (Wildman–Crippen LogP) is 7.73. The van der Waals surface area contributed by atoms with E-state index in [9.17, 15) is 4.79 Å². The number of aryl methyl sites for hydroxylation is 2. The van der Waals surface area contributed by atoms with Gasteiger partial charge in [0.25, 0.3) is 5.91 Å². The Morgan fingerprint density at radius 1 is 0.838 bits per heavy atom. The van der Waals surface area contributed by atoms with Crippen LogP contribution in [0.2, 0.25) is 10.0 Å². The standard InChI is InChI=1S/C30H28Cl2N4O/c1-18-20(3)35(16-22-8-6-5-7-9-22)28-13-11-24(15-25(18)28)30(37)33-29-19(2)34-36(21(29)4)17-23-10-12-26(31)27(32)14-23/h5-15H,16-17H2,1-4H3,(H,33,37). The molecule has 0 radical (unpaired) electrons. The fraction of sp³-hybridized carbons (Fsp3) is 0.200. The Balaban J connectivity index is 1.40. The van der Waals surface area contributed by atoms with E-state index in [1.54, 1.807) is 6.07 Å². The number of carbonyl (C=O) groups is 1. The number of nitrogens with one attached hydrogen (secondary N) is 1. The summed E-state index contributed by atoms with van der Waals surface area (Å²) in [6.45, 7) is 9.41. The molecule has 1 amide bonds. The number of hydrogen-bond donors (Lipinski definition) is 1. The number of halogens is 2. The fourth-order valence-electron chi connectivity index (χ4n) is 4.79. The largest absolute Gasteiger partial charge is 0.340 e. The number of fused-ring (bicyclic) bond motifs is 1. The second kappa shape index (κ2) is 10.1. The molecule has 0 saturated heterocycles. The zero-order valence-electron chi connectivity index (χ0n) is 21.3. The van der Waals surface area contributed by atoms with Crippen LogP contribution in [-0.2, 0) is 13.1 Å². The van der Waals surface area contributed by atoms with Crippen molar-refractivity contribution in [3.05, 3.63) is 116 Å². The number of amides is 1. The van der Waals surface area contributed by atoms with Crippen LogP contribution in [0.25, 0.3) is 10.9 Å². The van der Waals surface area contributed by atoms with Crippen LogP contribution >= 0.6 is 23.2 Å². The van der Waals surface area contributed by atoms with Crippen molar-refractivity contribution < 1.29 is 4.79 Å². The van der Waals surface area contributed by atoms with Gasteiger partial charge in [-0.25, -0.2) is 0 Å². The molecule has 3 aromatic carbocycles. The smallest absolute Gasteiger partial charge is 0.255 e. The Bertz CT molecular complexity index is 1630. The van der Waals surface area contributed by atoms with E-state index >= 15 is 0 Å². The van der Waals surface area contributed by atoms with Gasteiger partial charge >= 0.3 is 0 Å². The minimum atomic E-state index is -0.157. The average molecular weight is 531 g/mol. The lowest BCUT2D eigenvalue weighted by Crippen LogP contribution is -2.13. The van der Waals surface area contributed by atoms with Crippen LogP contribution in [0.3, 0.4) is 0 Å². The third-order valence-corrected chi connectivity index (χ3v) is 7.76. The third-order valence-electron chi connectivity index (χ3n) is 7.02. The maximum absolute atomic E-state index is 13.3. The van der Waals surface area contributed by atoms with E-state index in [4.69, 9.17) is 23.2 Å². The van der Waals surface area contributed by atoms with Crippen LogP contribution in [0.1, 0.15) is 44.1 Å². The van der Waals surface area contributed by atoms with Crippen molar-refractivity contribution in [3.63, 3.8) is 0 Å². The Morgan fingerprint density at radius 2 is 1.59 bits per heavy atom. The number of benzene rings is 3. The van der Waals surface area contributed by atoms with Crippen molar-refractivity contribution in [2.24, 2.45) is 0 Å². The Kier molecular flexibility index (Phi) is 6.84. The number of rotatable bonds is 6. The molecule has 0 atom stereocenters. The van der Waals surface area contributed by atoms with Gasteiger partial charge in [0.05, 0.1) is 33.7 Å². The van der Waals surface area contributed by atoms with Crippen molar-refractivity contribution in [2.45, 2.75) is 40.8 Å². The quantitative estimate of drug-likeness (QED) is 0.244. The number of hydrogen-bond acceptors (Lipinski definition) is 2. The summed E-state index contributed by atoms with van der Waals surface area (Å²) in [5.41, 5.74) is 8.70. The molecule has 0 aliphatic rings. The molecule has 37 heavy (non-hydrogen) atoms. The summed E-state index contributed by atoms with van der Waals surface area (Å²) in [6, 6.07) is 21.9. The van der Waals surface area contributed by atoms with Gasteiger partial charge in [-0.1, -0.05) is 59.6 Å². The Labute approximate surface area is 226 Å². The van der Waals surface area contributed by atoms with Gasteiger partial charge in [-0.05, 0) is 74.7 Å². The van der Waals surface area contributed by atoms with Gasteiger partial charge in [-0.2, -0.15) is 5.10 Å². The van der Waals surface area contributed by atoms with Gasteiger partial charge in [-0.3, -0.25) is 9.48 Å². The molecule has 2 aromatic heterocycles. The lowest BCUT2D eigenvalue weighted by Gasteiger charge is -2.10. The first-order valence-electron chi connectivity index (χ1n) is 12.2. The zero-order valence-corrected chi connectivity index (χ0v) is 22.8. The minimum Gasteiger partial charge on any atom is -0.340 e. The van der Waals surface area contributed by atoms with Gasteiger partial charge < -0.3 is 9.88 Å². The molecule has 2 heterocycles. The zero-order chi connectivity index (χ0) is 26.3. The molecule has 5 nitrogen and oxygen atoms in total. The van der Waals surface area contributed by atoms with E-state index in [2.05, 4.69) is 53.1 Å². The van der Waals surface area contributed by atoms with Crippen LogP contribution < -0.4 is 5.32 Å². The average Bonchev–Trinajstić information content (AvgIpc) is 3.28. The van der Waals surface area contributed by atoms with Crippen LogP contribution in [-0.4, -0.2) is 20.3 Å². The van der Waals surface area contributed by atoms with E-state index in [0.29, 0.717) is 22.2 Å². The summed E-state index contributed by atoms with van der Waals surface area (Å²) in [5.74, 6) is -0.157. The van der Waals surface area contributed by atoms with Gasteiger partial charge in [0, 0.05) is 28.7 Å². The van der Waals surface area contributed by atoms with Crippen molar-refractivity contribution in [2.75, 3.05) is 5.32 Å². The van der Waals surface area contributed by atoms with E-state index in [-0.39, 0.29) is 5.91 Å². The van der Waals surface area contributed by atoms with E-state index in [1.807, 2.05) is 54.9 Å². The molecule has 0 unspecified atom stereocenters. The van der Waals surface area contributed by atoms with E-state index in [0.717, 1.165) is 40.1 Å². The normalized spacial score (nSPS) is 11.3. The molecule has 0 aliphatic heterocycles. The van der Waals surface area contributed by atoms with Gasteiger partial charge in [0.2, 0.25) is 0 Å². The number of aromatic nitrogens is 3. The van der Waals surface area contributed by atoms with E-state index in [1.165, 1.54) is 16.8 Å². The summed E-state index contributed by atoms with van der Waals surface area (Å²) in [6.07, 6.45) is 0. The van der Waals surface area contributed by atoms with Crippen LogP contribution in [0.5, 0.6) is 0 Å². The topological polar surface area (TPSA) is 51.9 Å². The minimum absolute atomic E-state index is 0.157. The molecule has 188 valence electrons. The number of nitrogens with zero attached hydrogens (tertiary/aromatic N) is 3. The highest BCUT2D eigenvalue weighted by atomic mass is 35.5. The predicted molar refractivity (Wildman–Crippen MR) is 152 cm³/mol. The van der Waals surface area contributed by atoms with Crippen molar-refractivity contribution in [3.8, 4) is 0 Å². The summed E-state index contributed by atoms with van der Waals surface area (Å²) in [5, 5.41) is 9.85. The summed E-state index contributed by atoms with van der Waals surface area (Å²) in [7, 11) is 0. The van der Waals surface area contributed by atoms with Crippen LogP contribution in [0.4, 0.5) is 5.69 Å². The molecule has 5 rings (SSSR count). The lowest BCUT2D eigenvalue weighted by atomic mass is 10.1. The first-order chi connectivity index (χ1) is 17.7. The summed E-state index contributed by atoms with van der Waals surface area (Å²) in [4.78, 5) is 13.3. The van der Waals surface area contributed by atoms with Crippen molar-refractivity contribution in [1.82, 2.24) is 14.3 Å². The van der Waals surface area contributed by atoms with Crippen LogP contribution in [0, 0.1) is 27.7 Å².